The summed E-state index contributed by atoms with van der Waals surface area (Å²) in [5, 5.41) is 13.0. The molecule has 0 bridgehead atoms. The number of hydrogen-bond donors (Lipinski definition) is 1. The van der Waals surface area contributed by atoms with Gasteiger partial charge in [-0.15, -0.1) is 0 Å². The minimum Gasteiger partial charge on any atom is -0.379 e. The van der Waals surface area contributed by atoms with Crippen LogP contribution in [0.25, 0.3) is 0 Å². The molecule has 1 aliphatic heterocycles. The van der Waals surface area contributed by atoms with Crippen molar-refractivity contribution < 1.29 is 9.59 Å². The van der Waals surface area contributed by atoms with Crippen molar-refractivity contribution in [1.29, 1.82) is 5.26 Å². The van der Waals surface area contributed by atoms with Gasteiger partial charge in [0.05, 0.1) is 11.6 Å². The van der Waals surface area contributed by atoms with Crippen LogP contribution in [0.1, 0.15) is 72.5 Å². The molecule has 0 atom stereocenters. The Balaban J connectivity index is 1.48. The third-order valence-electron chi connectivity index (χ3n) is 7.21. The summed E-state index contributed by atoms with van der Waals surface area (Å²) >= 11 is 0. The van der Waals surface area contributed by atoms with Gasteiger partial charge in [-0.3, -0.25) is 14.5 Å². The molecule has 34 heavy (non-hydrogen) atoms. The quantitative estimate of drug-likeness (QED) is 0.423. The molecule has 0 unspecified atom stereocenters. The number of hydrogen-bond acceptors (Lipinski definition) is 5. The summed E-state index contributed by atoms with van der Waals surface area (Å²) < 4.78 is 0. The second kappa shape index (κ2) is 10.8. The topological polar surface area (TPSA) is 73.2 Å². The van der Waals surface area contributed by atoms with Gasteiger partial charge < -0.3 is 5.32 Å². The molecular weight excluding hydrogens is 422 g/mol. The Morgan fingerprint density at radius 3 is 2.65 bits per heavy atom. The van der Waals surface area contributed by atoms with Crippen molar-refractivity contribution in [2.24, 2.45) is 0 Å². The minimum atomic E-state index is -0.145. The standard InChI is InChI=1S/C29H33N3O2/c1-22(33)9-12-28(34)26-7-3-4-8-27(26)31-29(14-5-2-6-15-29)16-18-32-17-13-24-19-23(20-30)10-11-25(24)21-32/h3-4,7-12,19,31H,2,5-6,13-18,21H2,1H3. The number of ketones is 2. The number of para-hydroxylation sites is 1. The van der Waals surface area contributed by atoms with Crippen LogP contribution in [-0.2, 0) is 17.8 Å². The van der Waals surface area contributed by atoms with Gasteiger partial charge >= 0.3 is 0 Å². The lowest BCUT2D eigenvalue weighted by atomic mass is 9.78. The lowest BCUT2D eigenvalue weighted by molar-refractivity contribution is -0.112. The first-order chi connectivity index (χ1) is 16.5. The van der Waals surface area contributed by atoms with Gasteiger partial charge in [0.2, 0.25) is 0 Å². The largest absolute Gasteiger partial charge is 0.379 e. The van der Waals surface area contributed by atoms with Gasteiger partial charge in [0.15, 0.2) is 11.6 Å². The summed E-state index contributed by atoms with van der Waals surface area (Å²) in [6.07, 6.45) is 10.5. The average Bonchev–Trinajstić information content (AvgIpc) is 2.86. The molecule has 0 amide bonds. The molecule has 2 aromatic carbocycles. The fourth-order valence-corrected chi connectivity index (χ4v) is 5.29. The molecule has 2 aliphatic rings. The van der Waals surface area contributed by atoms with Crippen molar-refractivity contribution in [3.05, 3.63) is 76.9 Å². The summed E-state index contributed by atoms with van der Waals surface area (Å²) in [4.78, 5) is 26.6. The highest BCUT2D eigenvalue weighted by atomic mass is 16.1. The Bertz CT molecular complexity index is 1120. The zero-order valence-corrected chi connectivity index (χ0v) is 20.0. The smallest absolute Gasteiger partial charge is 0.188 e. The SMILES string of the molecule is CC(=O)C=CC(=O)c1ccccc1NC1(CCN2CCc3cc(C#N)ccc3C2)CCCCC1. The number of fused-ring (bicyclic) bond motifs is 1. The van der Waals surface area contributed by atoms with E-state index in [1.54, 1.807) is 0 Å². The summed E-state index contributed by atoms with van der Waals surface area (Å²) in [7, 11) is 0. The van der Waals surface area contributed by atoms with Crippen LogP contribution in [0.15, 0.2) is 54.6 Å². The Hall–Kier alpha value is -3.23. The van der Waals surface area contributed by atoms with Crippen molar-refractivity contribution in [3.63, 3.8) is 0 Å². The first-order valence-corrected chi connectivity index (χ1v) is 12.3. The van der Waals surface area contributed by atoms with E-state index >= 15 is 0 Å². The summed E-state index contributed by atoms with van der Waals surface area (Å²) in [6.45, 7) is 4.37. The van der Waals surface area contributed by atoms with E-state index in [0.717, 1.165) is 56.6 Å². The first kappa shape index (κ1) is 23.9. The van der Waals surface area contributed by atoms with Crippen LogP contribution >= 0.6 is 0 Å². The molecule has 0 saturated heterocycles. The maximum atomic E-state index is 12.8. The zero-order chi connectivity index (χ0) is 24.0. The van der Waals surface area contributed by atoms with Crippen molar-refractivity contribution >= 4 is 17.3 Å². The number of carbonyl (C=O) groups is 2. The lowest BCUT2D eigenvalue weighted by Gasteiger charge is -2.41. The van der Waals surface area contributed by atoms with Crippen LogP contribution in [-0.4, -0.2) is 35.1 Å². The van der Waals surface area contributed by atoms with E-state index in [4.69, 9.17) is 0 Å². The molecule has 4 rings (SSSR count). The van der Waals surface area contributed by atoms with E-state index in [0.29, 0.717) is 5.56 Å². The molecule has 0 aromatic heterocycles. The highest BCUT2D eigenvalue weighted by Crippen LogP contribution is 2.36. The van der Waals surface area contributed by atoms with E-state index < -0.39 is 0 Å². The number of nitrogens with zero attached hydrogens (tertiary/aromatic N) is 2. The molecule has 5 nitrogen and oxygen atoms in total. The van der Waals surface area contributed by atoms with Crippen molar-refractivity contribution in [3.8, 4) is 6.07 Å². The van der Waals surface area contributed by atoms with Gasteiger partial charge in [0, 0.05) is 36.4 Å². The van der Waals surface area contributed by atoms with Crippen LogP contribution in [0.3, 0.4) is 0 Å². The number of benzene rings is 2. The highest BCUT2D eigenvalue weighted by Gasteiger charge is 2.33. The fraction of sp³-hybridized carbons (Fsp3) is 0.414. The lowest BCUT2D eigenvalue weighted by Crippen LogP contribution is -2.44. The molecule has 1 N–H and O–H groups in total. The zero-order valence-electron chi connectivity index (χ0n) is 20.0. The third kappa shape index (κ3) is 5.81. The average molecular weight is 456 g/mol. The number of carbonyl (C=O) groups excluding carboxylic acids is 2. The van der Waals surface area contributed by atoms with Gasteiger partial charge in [-0.1, -0.05) is 37.5 Å². The van der Waals surface area contributed by atoms with E-state index in [1.807, 2.05) is 36.4 Å². The van der Waals surface area contributed by atoms with Gasteiger partial charge in [-0.2, -0.15) is 5.26 Å². The number of rotatable bonds is 8. The summed E-state index contributed by atoms with van der Waals surface area (Å²) in [5.41, 5.74) is 4.80. The molecule has 0 radical (unpaired) electrons. The molecule has 1 aliphatic carbocycles. The van der Waals surface area contributed by atoms with Crippen LogP contribution in [0.2, 0.25) is 0 Å². The first-order valence-electron chi connectivity index (χ1n) is 12.3. The van der Waals surface area contributed by atoms with E-state index in [2.05, 4.69) is 22.4 Å². The Morgan fingerprint density at radius 2 is 1.88 bits per heavy atom. The van der Waals surface area contributed by atoms with Gasteiger partial charge in [-0.05, 0) is 80.2 Å². The third-order valence-corrected chi connectivity index (χ3v) is 7.21. The molecule has 5 heteroatoms. The molecule has 176 valence electrons. The van der Waals surface area contributed by atoms with Crippen LogP contribution in [0, 0.1) is 11.3 Å². The number of nitriles is 1. The maximum absolute atomic E-state index is 12.8. The van der Waals surface area contributed by atoms with Crippen molar-refractivity contribution in [1.82, 2.24) is 4.90 Å². The van der Waals surface area contributed by atoms with Crippen LogP contribution in [0.5, 0.6) is 0 Å². The molecular formula is C29H33N3O2. The molecule has 0 spiro atoms. The highest BCUT2D eigenvalue weighted by molar-refractivity contribution is 6.10. The van der Waals surface area contributed by atoms with E-state index in [1.165, 1.54) is 49.5 Å². The van der Waals surface area contributed by atoms with Crippen LogP contribution < -0.4 is 5.32 Å². The van der Waals surface area contributed by atoms with Crippen molar-refractivity contribution in [2.75, 3.05) is 18.4 Å². The van der Waals surface area contributed by atoms with Crippen molar-refractivity contribution in [2.45, 2.75) is 64.0 Å². The number of nitrogens with one attached hydrogen (secondary N) is 1. The Kier molecular flexibility index (Phi) is 7.59. The van der Waals surface area contributed by atoms with Gasteiger partial charge in [-0.25, -0.2) is 0 Å². The summed E-state index contributed by atoms with van der Waals surface area (Å²) in [5.74, 6) is -0.275. The monoisotopic (exact) mass is 455 g/mol. The van der Waals surface area contributed by atoms with Gasteiger partial charge in [0.1, 0.15) is 0 Å². The maximum Gasteiger partial charge on any atom is 0.188 e. The molecule has 1 saturated carbocycles. The molecule has 1 heterocycles. The second-order valence-corrected chi connectivity index (χ2v) is 9.69. The van der Waals surface area contributed by atoms with Crippen LogP contribution in [0.4, 0.5) is 5.69 Å². The number of anilines is 1. The Morgan fingerprint density at radius 1 is 1.09 bits per heavy atom. The molecule has 2 aromatic rings. The normalized spacial score (nSPS) is 17.6. The van der Waals surface area contributed by atoms with Gasteiger partial charge in [0.25, 0.3) is 0 Å². The van der Waals surface area contributed by atoms with E-state index in [-0.39, 0.29) is 17.1 Å². The van der Waals surface area contributed by atoms with E-state index in [9.17, 15) is 14.9 Å². The molecule has 1 fully saturated rings. The predicted molar refractivity (Wildman–Crippen MR) is 135 cm³/mol. The fourth-order valence-electron chi connectivity index (χ4n) is 5.29. The Labute approximate surface area is 202 Å². The number of allylic oxidation sites excluding steroid dienone is 2. The second-order valence-electron chi connectivity index (χ2n) is 9.69. The minimum absolute atomic E-state index is 0.0378. The predicted octanol–water partition coefficient (Wildman–Crippen LogP) is 5.45. The summed E-state index contributed by atoms with van der Waals surface area (Å²) in [6, 6.07) is 15.9.